The standard InChI is InChI=1S/C11H19N3/c1-9-7-10(13)11(14-8-9)5-3-2-4-6-12/h7-8H,2-6,12-13H2,1H3. The average Bonchev–Trinajstić information content (AvgIpc) is 2.15. The van der Waals surface area contributed by atoms with Gasteiger partial charge >= 0.3 is 0 Å². The number of hydrogen-bond acceptors (Lipinski definition) is 3. The van der Waals surface area contributed by atoms with Crippen molar-refractivity contribution < 1.29 is 0 Å². The zero-order valence-electron chi connectivity index (χ0n) is 8.79. The molecule has 14 heavy (non-hydrogen) atoms. The van der Waals surface area contributed by atoms with E-state index in [-0.39, 0.29) is 0 Å². The molecule has 0 radical (unpaired) electrons. The second-order valence-corrected chi connectivity index (χ2v) is 3.65. The molecule has 0 aromatic carbocycles. The van der Waals surface area contributed by atoms with Crippen molar-refractivity contribution in [2.45, 2.75) is 32.6 Å². The van der Waals surface area contributed by atoms with Crippen LogP contribution in [0.2, 0.25) is 0 Å². The highest BCUT2D eigenvalue weighted by atomic mass is 14.7. The van der Waals surface area contributed by atoms with Crippen molar-refractivity contribution in [3.8, 4) is 0 Å². The fourth-order valence-electron chi connectivity index (χ4n) is 1.44. The molecule has 1 rings (SSSR count). The van der Waals surface area contributed by atoms with Crippen LogP contribution in [0.3, 0.4) is 0 Å². The first-order chi connectivity index (χ1) is 6.74. The first-order valence-electron chi connectivity index (χ1n) is 5.15. The lowest BCUT2D eigenvalue weighted by atomic mass is 10.1. The van der Waals surface area contributed by atoms with Crippen LogP contribution < -0.4 is 11.5 Å². The highest BCUT2D eigenvalue weighted by Gasteiger charge is 2.00. The van der Waals surface area contributed by atoms with Gasteiger partial charge in [0.1, 0.15) is 0 Å². The van der Waals surface area contributed by atoms with E-state index in [4.69, 9.17) is 11.5 Å². The lowest BCUT2D eigenvalue weighted by molar-refractivity contribution is 0.680. The van der Waals surface area contributed by atoms with Gasteiger partial charge < -0.3 is 11.5 Å². The predicted molar refractivity (Wildman–Crippen MR) is 60.0 cm³/mol. The SMILES string of the molecule is Cc1cnc(CCCCCN)c(N)c1. The van der Waals surface area contributed by atoms with Crippen LogP contribution >= 0.6 is 0 Å². The summed E-state index contributed by atoms with van der Waals surface area (Å²) in [5, 5.41) is 0. The number of aryl methyl sites for hydroxylation is 2. The minimum atomic E-state index is 0.775. The quantitative estimate of drug-likeness (QED) is 0.699. The number of nitrogens with zero attached hydrogens (tertiary/aromatic N) is 1. The van der Waals surface area contributed by atoms with Crippen LogP contribution in [-0.4, -0.2) is 11.5 Å². The largest absolute Gasteiger partial charge is 0.397 e. The van der Waals surface area contributed by atoms with E-state index < -0.39 is 0 Å². The minimum Gasteiger partial charge on any atom is -0.397 e. The van der Waals surface area contributed by atoms with Crippen molar-refractivity contribution in [1.82, 2.24) is 4.98 Å². The van der Waals surface area contributed by atoms with Gasteiger partial charge in [-0.3, -0.25) is 4.98 Å². The van der Waals surface area contributed by atoms with Gasteiger partial charge in [0, 0.05) is 6.20 Å². The van der Waals surface area contributed by atoms with Crippen LogP contribution in [-0.2, 0) is 6.42 Å². The van der Waals surface area contributed by atoms with Gasteiger partial charge in [-0.1, -0.05) is 6.42 Å². The first-order valence-corrected chi connectivity index (χ1v) is 5.15. The molecule has 0 unspecified atom stereocenters. The Morgan fingerprint density at radius 2 is 2.07 bits per heavy atom. The monoisotopic (exact) mass is 193 g/mol. The maximum absolute atomic E-state index is 5.85. The fraction of sp³-hybridized carbons (Fsp3) is 0.545. The Kier molecular flexibility index (Phi) is 4.40. The van der Waals surface area contributed by atoms with Gasteiger partial charge in [-0.25, -0.2) is 0 Å². The topological polar surface area (TPSA) is 64.9 Å². The summed E-state index contributed by atoms with van der Waals surface area (Å²) in [6.45, 7) is 2.78. The Hall–Kier alpha value is -1.09. The van der Waals surface area contributed by atoms with Gasteiger partial charge in [-0.15, -0.1) is 0 Å². The molecule has 78 valence electrons. The molecule has 0 amide bonds. The molecule has 0 saturated heterocycles. The zero-order chi connectivity index (χ0) is 10.4. The van der Waals surface area contributed by atoms with Gasteiger partial charge in [0.25, 0.3) is 0 Å². The molecule has 0 aliphatic heterocycles. The average molecular weight is 193 g/mol. The number of aromatic nitrogens is 1. The van der Waals surface area contributed by atoms with E-state index in [0.29, 0.717) is 0 Å². The number of anilines is 1. The summed E-state index contributed by atoms with van der Waals surface area (Å²) in [6.07, 6.45) is 6.20. The van der Waals surface area contributed by atoms with Gasteiger partial charge in [-0.2, -0.15) is 0 Å². The van der Waals surface area contributed by atoms with Gasteiger partial charge in [-0.05, 0) is 44.4 Å². The molecular formula is C11H19N3. The third-order valence-electron chi connectivity index (χ3n) is 2.26. The molecule has 4 N–H and O–H groups in total. The van der Waals surface area contributed by atoms with Crippen molar-refractivity contribution in [1.29, 1.82) is 0 Å². The van der Waals surface area contributed by atoms with Gasteiger partial charge in [0.2, 0.25) is 0 Å². The van der Waals surface area contributed by atoms with E-state index in [1.807, 2.05) is 19.2 Å². The Morgan fingerprint density at radius 1 is 1.29 bits per heavy atom. The lowest BCUT2D eigenvalue weighted by Crippen LogP contribution is -2.01. The maximum Gasteiger partial charge on any atom is 0.0632 e. The lowest BCUT2D eigenvalue weighted by Gasteiger charge is -2.04. The van der Waals surface area contributed by atoms with Crippen LogP contribution in [0.4, 0.5) is 5.69 Å². The number of pyridine rings is 1. The van der Waals surface area contributed by atoms with Crippen LogP contribution in [0, 0.1) is 6.92 Å². The smallest absolute Gasteiger partial charge is 0.0632 e. The summed E-state index contributed by atoms with van der Waals surface area (Å²) in [6, 6.07) is 1.98. The molecule has 1 aromatic heterocycles. The Balaban J connectivity index is 2.42. The van der Waals surface area contributed by atoms with Crippen molar-refractivity contribution in [3.05, 3.63) is 23.5 Å². The molecule has 1 heterocycles. The van der Waals surface area contributed by atoms with E-state index in [1.54, 1.807) is 0 Å². The predicted octanol–water partition coefficient (Wildman–Crippen LogP) is 1.64. The summed E-state index contributed by atoms with van der Waals surface area (Å²) < 4.78 is 0. The zero-order valence-corrected chi connectivity index (χ0v) is 8.79. The number of nitrogens with two attached hydrogens (primary N) is 2. The number of unbranched alkanes of at least 4 members (excludes halogenated alkanes) is 2. The van der Waals surface area contributed by atoms with Crippen LogP contribution in [0.5, 0.6) is 0 Å². The van der Waals surface area contributed by atoms with Crippen molar-refractivity contribution in [2.75, 3.05) is 12.3 Å². The Bertz CT molecular complexity index is 284. The third-order valence-corrected chi connectivity index (χ3v) is 2.26. The van der Waals surface area contributed by atoms with E-state index in [0.717, 1.165) is 49.2 Å². The third kappa shape index (κ3) is 3.34. The first kappa shape index (κ1) is 11.0. The molecule has 0 aliphatic carbocycles. The molecule has 0 fully saturated rings. The molecule has 0 spiro atoms. The number of nitrogen functional groups attached to an aromatic ring is 1. The van der Waals surface area contributed by atoms with Crippen LogP contribution in [0.1, 0.15) is 30.5 Å². The van der Waals surface area contributed by atoms with Crippen molar-refractivity contribution in [2.24, 2.45) is 5.73 Å². The summed E-state index contributed by atoms with van der Waals surface area (Å²) >= 11 is 0. The maximum atomic E-state index is 5.85. The molecule has 0 atom stereocenters. The van der Waals surface area contributed by atoms with Gasteiger partial charge in [0.05, 0.1) is 11.4 Å². The summed E-state index contributed by atoms with van der Waals surface area (Å²) in [5.41, 5.74) is 14.2. The van der Waals surface area contributed by atoms with Crippen molar-refractivity contribution >= 4 is 5.69 Å². The number of hydrogen-bond donors (Lipinski definition) is 2. The molecule has 3 heteroatoms. The second kappa shape index (κ2) is 5.60. The molecule has 0 aliphatic rings. The summed E-state index contributed by atoms with van der Waals surface area (Å²) in [4.78, 5) is 4.32. The Morgan fingerprint density at radius 3 is 2.71 bits per heavy atom. The minimum absolute atomic E-state index is 0.775. The van der Waals surface area contributed by atoms with E-state index in [1.165, 1.54) is 0 Å². The highest BCUT2D eigenvalue weighted by molar-refractivity contribution is 5.44. The molecular weight excluding hydrogens is 174 g/mol. The Labute approximate surface area is 85.5 Å². The molecule has 1 aromatic rings. The normalized spacial score (nSPS) is 10.4. The summed E-state index contributed by atoms with van der Waals surface area (Å²) in [7, 11) is 0. The highest BCUT2D eigenvalue weighted by Crippen LogP contribution is 2.13. The fourth-order valence-corrected chi connectivity index (χ4v) is 1.44. The van der Waals surface area contributed by atoms with Crippen molar-refractivity contribution in [3.63, 3.8) is 0 Å². The molecule has 0 bridgehead atoms. The molecule has 0 saturated carbocycles. The van der Waals surface area contributed by atoms with Crippen LogP contribution in [0.25, 0.3) is 0 Å². The summed E-state index contributed by atoms with van der Waals surface area (Å²) in [5.74, 6) is 0. The van der Waals surface area contributed by atoms with E-state index in [2.05, 4.69) is 4.98 Å². The molecule has 3 nitrogen and oxygen atoms in total. The van der Waals surface area contributed by atoms with Crippen LogP contribution in [0.15, 0.2) is 12.3 Å². The van der Waals surface area contributed by atoms with E-state index >= 15 is 0 Å². The van der Waals surface area contributed by atoms with Gasteiger partial charge in [0.15, 0.2) is 0 Å². The number of rotatable bonds is 5. The van der Waals surface area contributed by atoms with E-state index in [9.17, 15) is 0 Å². The second-order valence-electron chi connectivity index (χ2n) is 3.65.